The van der Waals surface area contributed by atoms with Crippen LogP contribution in [0.25, 0.3) is 0 Å². The van der Waals surface area contributed by atoms with Gasteiger partial charge in [-0.2, -0.15) is 0 Å². The van der Waals surface area contributed by atoms with Crippen LogP contribution in [0.2, 0.25) is 0 Å². The molecule has 0 unspecified atom stereocenters. The van der Waals surface area contributed by atoms with Crippen molar-refractivity contribution in [3.05, 3.63) is 0 Å². The first-order valence-corrected chi connectivity index (χ1v) is 0. The zero-order chi connectivity index (χ0) is 0. The fraction of sp³-hybridized carbons (Fsp3) is 1.00. The summed E-state index contributed by atoms with van der Waals surface area (Å²) < 4.78 is 0. The van der Waals surface area contributed by atoms with E-state index in [1.807, 2.05) is 0 Å². The fourth-order valence-corrected chi connectivity index (χ4v) is 0. The van der Waals surface area contributed by atoms with Crippen molar-refractivity contribution in [2.24, 2.45) is 0 Å². The van der Waals surface area contributed by atoms with Gasteiger partial charge in [0.05, 0.1) is 0 Å². The van der Waals surface area contributed by atoms with E-state index in [2.05, 4.69) is 0 Å². The van der Waals surface area contributed by atoms with Gasteiger partial charge in [-0.25, -0.2) is 0 Å². The Balaban J connectivity index is 0. The van der Waals surface area contributed by atoms with Gasteiger partial charge in [-0.1, -0.05) is 22.3 Å². The van der Waals surface area contributed by atoms with Gasteiger partial charge < -0.3 is 0 Å². The summed E-state index contributed by atoms with van der Waals surface area (Å²) in [6.45, 7) is 0. The van der Waals surface area contributed by atoms with E-state index in [0.717, 1.165) is 0 Å². The van der Waals surface area contributed by atoms with Gasteiger partial charge in [-0.3, -0.25) is 0 Å². The van der Waals surface area contributed by atoms with E-state index in [1.54, 1.807) is 0 Å². The van der Waals surface area contributed by atoms with Crippen molar-refractivity contribution < 1.29 is 0 Å². The molecule has 42 valence electrons. The Bertz CT molecular complexity index is 6.00. The summed E-state index contributed by atoms with van der Waals surface area (Å²) in [7, 11) is 0. The zero-order valence-electron chi connectivity index (χ0n) is 2.12. The molecule has 0 saturated heterocycles. The van der Waals surface area contributed by atoms with Crippen molar-refractivity contribution in [3.63, 3.8) is 0 Å². The second-order valence-corrected chi connectivity index (χ2v) is 0. The predicted molar refractivity (Wildman–Crippen MR) is 45.8 cm³/mol. The van der Waals surface area contributed by atoms with Crippen molar-refractivity contribution in [3.8, 4) is 0 Å². The molecule has 0 aliphatic heterocycles. The van der Waals surface area contributed by atoms with E-state index >= 15 is 0 Å². The first-order chi connectivity index (χ1) is 0. The Labute approximate surface area is 102 Å². The van der Waals surface area contributed by atoms with Crippen LogP contribution >= 0.6 is 0 Å². The second kappa shape index (κ2) is 46.5. The first kappa shape index (κ1) is 69.1. The van der Waals surface area contributed by atoms with Crippen LogP contribution in [0.1, 0.15) is 22.3 Å². The van der Waals surface area contributed by atoms with E-state index in [0.29, 0.717) is 0 Å². The molecule has 0 saturated carbocycles. The van der Waals surface area contributed by atoms with Crippen LogP contribution in [0.3, 0.4) is 0 Å². The third-order valence-corrected chi connectivity index (χ3v) is 0. The van der Waals surface area contributed by atoms with Crippen LogP contribution in [0.5, 0.6) is 0 Å². The van der Waals surface area contributed by atoms with Gasteiger partial charge in [0.15, 0.2) is 0 Å². The third-order valence-electron chi connectivity index (χ3n) is 0. The van der Waals surface area contributed by atoms with E-state index in [4.69, 9.17) is 0 Å². The topological polar surface area (TPSA) is 0 Å². The predicted octanol–water partition coefficient (Wildman–Crippen LogP) is -0.840. The summed E-state index contributed by atoms with van der Waals surface area (Å²) in [5, 5.41) is 0. The summed E-state index contributed by atoms with van der Waals surface area (Å²) in [4.78, 5) is 0. The number of rotatable bonds is 0. The molecule has 0 rings (SSSR count). The SMILES string of the molecule is C.C.C.[PbH2].[PbH2].[PbH2]. The Morgan fingerprint density at radius 3 is 0.333 bits per heavy atom. The molecule has 0 aliphatic rings. The molecule has 0 atom stereocenters. The fourth-order valence-electron chi connectivity index (χ4n) is 0. The van der Waals surface area contributed by atoms with Crippen LogP contribution in [-0.4, -0.2) is 81.9 Å². The summed E-state index contributed by atoms with van der Waals surface area (Å²) in [6, 6.07) is 0. The molecule has 0 nitrogen and oxygen atoms in total. The van der Waals surface area contributed by atoms with Crippen LogP contribution < -0.4 is 0 Å². The summed E-state index contributed by atoms with van der Waals surface area (Å²) >= 11 is 0. The van der Waals surface area contributed by atoms with Crippen molar-refractivity contribution in [1.29, 1.82) is 0 Å². The summed E-state index contributed by atoms with van der Waals surface area (Å²) in [5.74, 6) is 0. The van der Waals surface area contributed by atoms with Crippen molar-refractivity contribution in [1.82, 2.24) is 0 Å². The third kappa shape index (κ3) is 29.4. The molecule has 0 spiro atoms. The summed E-state index contributed by atoms with van der Waals surface area (Å²) in [5.41, 5.74) is 0. The Kier molecular flexibility index (Phi) is 535. The minimum absolute atomic E-state index is 0. The summed E-state index contributed by atoms with van der Waals surface area (Å²) in [6.07, 6.45) is 0. The van der Waals surface area contributed by atoms with Gasteiger partial charge in [0, 0.05) is 0 Å². The molecule has 0 fully saturated rings. The monoisotopic (exact) mass is 678 g/mol. The van der Waals surface area contributed by atoms with Crippen molar-refractivity contribution >= 4 is 81.9 Å². The molecule has 0 N–H and O–H groups in total. The standard InChI is InChI=1S/3CH4.3Pb.6H/h3*1H4;;;;;;;;;. The molecule has 0 aromatic carbocycles. The van der Waals surface area contributed by atoms with Crippen LogP contribution in [0, 0.1) is 0 Å². The molecule has 0 heterocycles. The molecule has 6 heavy (non-hydrogen) atoms. The van der Waals surface area contributed by atoms with Crippen LogP contribution in [0.15, 0.2) is 0 Å². The normalized spacial score (nSPS) is 0. The van der Waals surface area contributed by atoms with Gasteiger partial charge in [-0.15, -0.1) is 0 Å². The Hall–Kier alpha value is 2.77. The molecule has 0 bridgehead atoms. The number of hydrogen-bond donors (Lipinski definition) is 0. The molecule has 0 aliphatic carbocycles. The molecule has 6 radical (unpaired) electrons. The molecular weight excluding hydrogens is 658 g/mol. The maximum absolute atomic E-state index is 0. The molecule has 0 amide bonds. The van der Waals surface area contributed by atoms with E-state index in [1.165, 1.54) is 0 Å². The molecule has 3 heteroatoms. The Morgan fingerprint density at radius 2 is 0.333 bits per heavy atom. The van der Waals surface area contributed by atoms with E-state index in [9.17, 15) is 0 Å². The van der Waals surface area contributed by atoms with E-state index < -0.39 is 0 Å². The first-order valence-electron chi connectivity index (χ1n) is 0. The van der Waals surface area contributed by atoms with Crippen molar-refractivity contribution in [2.75, 3.05) is 0 Å². The van der Waals surface area contributed by atoms with Gasteiger partial charge >= 0.3 is 81.9 Å². The Morgan fingerprint density at radius 1 is 0.333 bits per heavy atom. The van der Waals surface area contributed by atoms with Gasteiger partial charge in [-0.05, 0) is 0 Å². The quantitative estimate of drug-likeness (QED) is 0.294. The molecule has 0 aromatic rings. The average Bonchev–Trinajstić information content (AvgIpc) is 0. The van der Waals surface area contributed by atoms with Crippen LogP contribution in [-0.2, 0) is 0 Å². The van der Waals surface area contributed by atoms with Gasteiger partial charge in [0.1, 0.15) is 0 Å². The van der Waals surface area contributed by atoms with Gasteiger partial charge in [0.2, 0.25) is 0 Å². The maximum atomic E-state index is 0. The van der Waals surface area contributed by atoms with Gasteiger partial charge in [0.25, 0.3) is 0 Å². The molecule has 0 aromatic heterocycles. The average molecular weight is 676 g/mol. The minimum atomic E-state index is 0. The van der Waals surface area contributed by atoms with Crippen LogP contribution in [0.4, 0.5) is 0 Å². The zero-order valence-corrected chi connectivity index (χ0v) is 18.6. The van der Waals surface area contributed by atoms with E-state index in [-0.39, 0.29) is 104 Å². The van der Waals surface area contributed by atoms with Crippen molar-refractivity contribution in [2.45, 2.75) is 22.3 Å². The molecular formula is C3H18Pb3. The number of hydrogen-bond acceptors (Lipinski definition) is 0. The second-order valence-electron chi connectivity index (χ2n) is 0.